The molecule has 1 N–H and O–H groups in total. The fourth-order valence-electron chi connectivity index (χ4n) is 7.47. The summed E-state index contributed by atoms with van der Waals surface area (Å²) >= 11 is 0. The molecule has 5 atom stereocenters. The predicted molar refractivity (Wildman–Crippen MR) is 127 cm³/mol. The number of nitrogens with zero attached hydrogens (tertiary/aromatic N) is 2. The van der Waals surface area contributed by atoms with E-state index in [0.29, 0.717) is 29.2 Å². The molecular weight excluding hydrogens is 431 g/mol. The van der Waals surface area contributed by atoms with Gasteiger partial charge in [0.2, 0.25) is 0 Å². The molecule has 1 amide bonds. The number of carboxylic acids is 1. The van der Waals surface area contributed by atoms with E-state index < -0.39 is 5.97 Å². The third-order valence-corrected chi connectivity index (χ3v) is 9.11. The minimum atomic E-state index is -0.900. The standard InChI is InChI=1S/C28H33FN2O3/c1-28-11-9-22-21-5-4-18(27(34)31(2)12-10-26(32)33)13-17(21)3-6-23(22)25(28)8-7-24(28)19-14-20(29)16-30-15-19/h4-5,13-16,22-25H,3,6-12H2,1-2H3,(H,32,33)/t22-,23-,24-,25+,28-/m1/s1. The number of hydrogen-bond acceptors (Lipinski definition) is 3. The van der Waals surface area contributed by atoms with Crippen molar-refractivity contribution < 1.29 is 19.1 Å². The summed E-state index contributed by atoms with van der Waals surface area (Å²) in [5, 5.41) is 8.90. The van der Waals surface area contributed by atoms with E-state index in [9.17, 15) is 14.0 Å². The van der Waals surface area contributed by atoms with Gasteiger partial charge in [0.15, 0.2) is 0 Å². The van der Waals surface area contributed by atoms with Crippen LogP contribution < -0.4 is 0 Å². The highest BCUT2D eigenvalue weighted by molar-refractivity contribution is 5.94. The largest absolute Gasteiger partial charge is 0.481 e. The van der Waals surface area contributed by atoms with Crippen molar-refractivity contribution in [2.24, 2.45) is 17.3 Å². The average Bonchev–Trinajstić information content (AvgIpc) is 3.18. The van der Waals surface area contributed by atoms with E-state index >= 15 is 0 Å². The summed E-state index contributed by atoms with van der Waals surface area (Å²) < 4.78 is 13.9. The Labute approximate surface area is 200 Å². The van der Waals surface area contributed by atoms with Crippen LogP contribution in [0.25, 0.3) is 0 Å². The first-order valence-corrected chi connectivity index (χ1v) is 12.5. The second-order valence-corrected chi connectivity index (χ2v) is 10.8. The van der Waals surface area contributed by atoms with Crippen LogP contribution in [0, 0.1) is 23.1 Å². The molecule has 0 radical (unpaired) electrons. The summed E-state index contributed by atoms with van der Waals surface area (Å²) in [6, 6.07) is 7.79. The Morgan fingerprint density at radius 1 is 1.18 bits per heavy atom. The van der Waals surface area contributed by atoms with Gasteiger partial charge in [-0.15, -0.1) is 0 Å². The molecule has 0 bridgehead atoms. The summed E-state index contributed by atoms with van der Waals surface area (Å²) in [7, 11) is 1.66. The van der Waals surface area contributed by atoms with E-state index in [1.165, 1.54) is 28.6 Å². The quantitative estimate of drug-likeness (QED) is 0.643. The molecule has 0 unspecified atom stereocenters. The molecule has 0 saturated heterocycles. The van der Waals surface area contributed by atoms with Gasteiger partial charge < -0.3 is 10.0 Å². The van der Waals surface area contributed by atoms with Gasteiger partial charge in [-0.25, -0.2) is 4.39 Å². The molecule has 5 rings (SSSR count). The van der Waals surface area contributed by atoms with Gasteiger partial charge in [0.05, 0.1) is 12.6 Å². The van der Waals surface area contributed by atoms with Gasteiger partial charge in [-0.2, -0.15) is 0 Å². The molecule has 6 heteroatoms. The highest BCUT2D eigenvalue weighted by Crippen LogP contribution is 2.65. The Kier molecular flexibility index (Phi) is 5.95. The normalized spacial score (nSPS) is 29.6. The number of carboxylic acid groups (broad SMARTS) is 1. The van der Waals surface area contributed by atoms with Gasteiger partial charge in [-0.3, -0.25) is 14.6 Å². The van der Waals surface area contributed by atoms with Crippen molar-refractivity contribution in [3.05, 3.63) is 64.7 Å². The zero-order chi connectivity index (χ0) is 24.0. The average molecular weight is 465 g/mol. The minimum absolute atomic E-state index is 0.0518. The third-order valence-electron chi connectivity index (χ3n) is 9.11. The number of halogens is 1. The third kappa shape index (κ3) is 3.91. The highest BCUT2D eigenvalue weighted by atomic mass is 19.1. The van der Waals surface area contributed by atoms with Crippen molar-refractivity contribution in [1.29, 1.82) is 0 Å². The molecule has 180 valence electrons. The molecular formula is C28H33FN2O3. The van der Waals surface area contributed by atoms with Crippen LogP contribution in [0.5, 0.6) is 0 Å². The fraction of sp³-hybridized carbons (Fsp3) is 0.536. The Morgan fingerprint density at radius 3 is 2.76 bits per heavy atom. The van der Waals surface area contributed by atoms with Crippen molar-refractivity contribution in [3.8, 4) is 0 Å². The summed E-state index contributed by atoms with van der Waals surface area (Å²) in [5.41, 5.74) is 4.53. The van der Waals surface area contributed by atoms with E-state index in [-0.39, 0.29) is 30.1 Å². The monoisotopic (exact) mass is 464 g/mol. The zero-order valence-corrected chi connectivity index (χ0v) is 20.0. The van der Waals surface area contributed by atoms with Gasteiger partial charge in [0.25, 0.3) is 5.91 Å². The number of hydrogen-bond donors (Lipinski definition) is 1. The number of amides is 1. The Bertz CT molecular complexity index is 1120. The van der Waals surface area contributed by atoms with Crippen LogP contribution in [0.2, 0.25) is 0 Å². The number of pyridine rings is 1. The summed E-state index contributed by atoms with van der Waals surface area (Å²) in [6.07, 6.45) is 9.70. The SMILES string of the molecule is CN(CCC(=O)O)C(=O)c1ccc2c(c1)CC[C@@H]1[C@@H]2CC[C@]2(C)[C@@H](c3cncc(F)c3)CC[C@@H]12. The molecule has 0 aliphatic heterocycles. The Morgan fingerprint density at radius 2 is 2.00 bits per heavy atom. The molecule has 5 nitrogen and oxygen atoms in total. The highest BCUT2D eigenvalue weighted by Gasteiger charge is 2.55. The van der Waals surface area contributed by atoms with Crippen molar-refractivity contribution >= 4 is 11.9 Å². The maximum absolute atomic E-state index is 13.9. The van der Waals surface area contributed by atoms with Crippen molar-refractivity contribution in [2.45, 2.75) is 63.7 Å². The van der Waals surface area contributed by atoms with E-state index in [2.05, 4.69) is 18.0 Å². The second kappa shape index (κ2) is 8.79. The molecule has 1 aromatic carbocycles. The smallest absolute Gasteiger partial charge is 0.305 e. The lowest BCUT2D eigenvalue weighted by atomic mass is 9.53. The lowest BCUT2D eigenvalue weighted by Gasteiger charge is -2.51. The van der Waals surface area contributed by atoms with Crippen molar-refractivity contribution in [2.75, 3.05) is 13.6 Å². The van der Waals surface area contributed by atoms with E-state index in [1.54, 1.807) is 13.1 Å². The van der Waals surface area contributed by atoms with Crippen LogP contribution >= 0.6 is 0 Å². The van der Waals surface area contributed by atoms with Crippen LogP contribution in [0.1, 0.15) is 84.3 Å². The molecule has 34 heavy (non-hydrogen) atoms. The van der Waals surface area contributed by atoms with Crippen molar-refractivity contribution in [3.63, 3.8) is 0 Å². The number of carbonyl (C=O) groups is 2. The summed E-state index contributed by atoms with van der Waals surface area (Å²) in [6.45, 7) is 2.62. The molecule has 2 fully saturated rings. The molecule has 2 aromatic rings. The van der Waals surface area contributed by atoms with Crippen LogP contribution in [0.4, 0.5) is 4.39 Å². The summed E-state index contributed by atoms with van der Waals surface area (Å²) in [5.74, 6) is 0.856. The fourth-order valence-corrected chi connectivity index (χ4v) is 7.47. The topological polar surface area (TPSA) is 70.5 Å². The molecule has 1 aromatic heterocycles. The van der Waals surface area contributed by atoms with Gasteiger partial charge in [-0.1, -0.05) is 13.0 Å². The number of carbonyl (C=O) groups excluding carboxylic acids is 1. The summed E-state index contributed by atoms with van der Waals surface area (Å²) in [4.78, 5) is 29.3. The number of benzene rings is 1. The number of aryl methyl sites for hydroxylation is 1. The van der Waals surface area contributed by atoms with E-state index in [1.807, 2.05) is 18.3 Å². The Hall–Kier alpha value is -2.76. The van der Waals surface area contributed by atoms with Crippen LogP contribution in [0.3, 0.4) is 0 Å². The first-order valence-electron chi connectivity index (χ1n) is 12.5. The van der Waals surface area contributed by atoms with Crippen LogP contribution in [-0.2, 0) is 11.2 Å². The predicted octanol–water partition coefficient (Wildman–Crippen LogP) is 5.41. The molecule has 2 saturated carbocycles. The van der Waals surface area contributed by atoms with Crippen molar-refractivity contribution in [1.82, 2.24) is 9.88 Å². The van der Waals surface area contributed by atoms with Gasteiger partial charge in [-0.05, 0) is 103 Å². The lowest BCUT2D eigenvalue weighted by Crippen LogP contribution is -2.41. The van der Waals surface area contributed by atoms with E-state index in [4.69, 9.17) is 5.11 Å². The molecule has 3 aliphatic rings. The maximum atomic E-state index is 13.9. The lowest BCUT2D eigenvalue weighted by molar-refractivity contribution is -0.137. The molecule has 0 spiro atoms. The minimum Gasteiger partial charge on any atom is -0.481 e. The Balaban J connectivity index is 1.35. The van der Waals surface area contributed by atoms with Gasteiger partial charge >= 0.3 is 5.97 Å². The number of aromatic nitrogens is 1. The maximum Gasteiger partial charge on any atom is 0.305 e. The first kappa shape index (κ1) is 23.0. The van der Waals surface area contributed by atoms with Crippen LogP contribution in [0.15, 0.2) is 36.7 Å². The van der Waals surface area contributed by atoms with E-state index in [0.717, 1.165) is 37.7 Å². The number of fused-ring (bicyclic) bond motifs is 5. The number of aliphatic carboxylic acids is 1. The second-order valence-electron chi connectivity index (χ2n) is 10.8. The molecule has 1 heterocycles. The number of rotatable bonds is 5. The van der Waals surface area contributed by atoms with Crippen LogP contribution in [-0.4, -0.2) is 40.5 Å². The van der Waals surface area contributed by atoms with Gasteiger partial charge in [0, 0.05) is 25.4 Å². The van der Waals surface area contributed by atoms with Gasteiger partial charge in [0.1, 0.15) is 5.82 Å². The first-order chi connectivity index (χ1) is 16.3. The molecule has 3 aliphatic carbocycles. The zero-order valence-electron chi connectivity index (χ0n) is 20.0.